The predicted molar refractivity (Wildman–Crippen MR) is 81.6 cm³/mol. The highest BCUT2D eigenvalue weighted by Gasteiger charge is 2.09. The molecule has 0 saturated heterocycles. The zero-order valence-electron chi connectivity index (χ0n) is 11.0. The molecule has 4 nitrogen and oxygen atoms in total. The van der Waals surface area contributed by atoms with Crippen molar-refractivity contribution >= 4 is 17.0 Å². The third-order valence-electron chi connectivity index (χ3n) is 2.80. The number of hydrogen-bond donors (Lipinski definition) is 1. The van der Waals surface area contributed by atoms with Crippen LogP contribution in [0.5, 0.6) is 0 Å². The highest BCUT2D eigenvalue weighted by atomic mass is 32.1. The lowest BCUT2D eigenvalue weighted by Gasteiger charge is -2.11. The van der Waals surface area contributed by atoms with E-state index in [0.717, 1.165) is 5.69 Å². The molecule has 1 heterocycles. The summed E-state index contributed by atoms with van der Waals surface area (Å²) >= 11 is 1.77. The second-order valence-electron chi connectivity index (χ2n) is 4.41. The molecule has 1 N–H and O–H groups in total. The Balaban J connectivity index is 2.15. The van der Waals surface area contributed by atoms with Crippen LogP contribution in [0, 0.1) is 6.92 Å². The summed E-state index contributed by atoms with van der Waals surface area (Å²) in [6, 6.07) is 12.6. The fourth-order valence-corrected chi connectivity index (χ4v) is 2.83. The van der Waals surface area contributed by atoms with Crippen molar-refractivity contribution in [1.29, 1.82) is 0 Å². The highest BCUT2D eigenvalue weighted by Crippen LogP contribution is 2.34. The van der Waals surface area contributed by atoms with Gasteiger partial charge in [-0.25, -0.2) is 0 Å². The summed E-state index contributed by atoms with van der Waals surface area (Å²) in [4.78, 5) is 5.27. The Hall–Kier alpha value is -1.97. The van der Waals surface area contributed by atoms with Crippen LogP contribution >= 0.6 is 11.3 Å². The molecule has 19 heavy (non-hydrogen) atoms. The quantitative estimate of drug-likeness (QED) is 0.473. The summed E-state index contributed by atoms with van der Waals surface area (Å²) < 4.78 is 0. The number of thiophene rings is 1. The SMILES string of the molecule is Cc1sc(-c2ccccc2)cc1NC(C)CN=[N+]=[N-]. The summed E-state index contributed by atoms with van der Waals surface area (Å²) in [6.07, 6.45) is 0. The smallest absolute Gasteiger partial charge is 0.0487 e. The molecule has 2 aromatic rings. The van der Waals surface area contributed by atoms with E-state index in [4.69, 9.17) is 5.53 Å². The topological polar surface area (TPSA) is 60.8 Å². The van der Waals surface area contributed by atoms with E-state index in [1.807, 2.05) is 25.1 Å². The molecular formula is C14H16N4S. The molecule has 98 valence electrons. The van der Waals surface area contributed by atoms with Gasteiger partial charge in [-0.3, -0.25) is 0 Å². The van der Waals surface area contributed by atoms with Crippen LogP contribution in [0.3, 0.4) is 0 Å². The summed E-state index contributed by atoms with van der Waals surface area (Å²) in [5.74, 6) is 0. The summed E-state index contributed by atoms with van der Waals surface area (Å²) in [6.45, 7) is 4.56. The van der Waals surface area contributed by atoms with Gasteiger partial charge in [0.2, 0.25) is 0 Å². The molecule has 1 aromatic carbocycles. The molecular weight excluding hydrogens is 256 g/mol. The molecule has 0 bridgehead atoms. The number of benzene rings is 1. The predicted octanol–water partition coefficient (Wildman–Crippen LogP) is 4.83. The average Bonchev–Trinajstić information content (AvgIpc) is 2.79. The molecule has 2 rings (SSSR count). The van der Waals surface area contributed by atoms with Crippen molar-refractivity contribution in [3.63, 3.8) is 0 Å². The molecule has 0 amide bonds. The van der Waals surface area contributed by atoms with Gasteiger partial charge in [0, 0.05) is 32.9 Å². The van der Waals surface area contributed by atoms with E-state index < -0.39 is 0 Å². The minimum Gasteiger partial charge on any atom is -0.382 e. The number of nitrogens with zero attached hydrogens (tertiary/aromatic N) is 3. The molecule has 0 radical (unpaired) electrons. The van der Waals surface area contributed by atoms with E-state index in [9.17, 15) is 0 Å². The maximum absolute atomic E-state index is 8.32. The van der Waals surface area contributed by atoms with Crippen molar-refractivity contribution in [3.8, 4) is 10.4 Å². The van der Waals surface area contributed by atoms with Gasteiger partial charge in [0.1, 0.15) is 0 Å². The van der Waals surface area contributed by atoms with Crippen LogP contribution in [0.2, 0.25) is 0 Å². The lowest BCUT2D eigenvalue weighted by atomic mass is 10.2. The standard InChI is InChI=1S/C14H16N4S/c1-10(9-16-18-15)17-13-8-14(19-11(13)2)12-6-4-3-5-7-12/h3-8,10,17H,9H2,1-2H3. The van der Waals surface area contributed by atoms with Gasteiger partial charge >= 0.3 is 0 Å². The number of azide groups is 1. The van der Waals surface area contributed by atoms with E-state index in [2.05, 4.69) is 40.5 Å². The molecule has 1 unspecified atom stereocenters. The van der Waals surface area contributed by atoms with Gasteiger partial charge < -0.3 is 5.32 Å². The number of anilines is 1. The van der Waals surface area contributed by atoms with Gasteiger partial charge in [0.15, 0.2) is 0 Å². The van der Waals surface area contributed by atoms with Crippen LogP contribution in [-0.2, 0) is 0 Å². The maximum atomic E-state index is 8.32. The Morgan fingerprint density at radius 2 is 2.11 bits per heavy atom. The Morgan fingerprint density at radius 3 is 2.79 bits per heavy atom. The minimum absolute atomic E-state index is 0.132. The molecule has 0 aliphatic carbocycles. The minimum atomic E-state index is 0.132. The van der Waals surface area contributed by atoms with Crippen molar-refractivity contribution in [2.75, 3.05) is 11.9 Å². The first kappa shape index (κ1) is 13.5. The zero-order chi connectivity index (χ0) is 13.7. The van der Waals surface area contributed by atoms with Crippen molar-refractivity contribution in [1.82, 2.24) is 0 Å². The normalized spacial score (nSPS) is 11.7. The lowest BCUT2D eigenvalue weighted by molar-refractivity contribution is 0.799. The Labute approximate surface area is 116 Å². The second kappa shape index (κ2) is 6.27. The Morgan fingerprint density at radius 1 is 1.37 bits per heavy atom. The molecule has 5 heteroatoms. The molecule has 0 aliphatic rings. The third kappa shape index (κ3) is 3.50. The molecule has 0 saturated carbocycles. The average molecular weight is 272 g/mol. The van der Waals surface area contributed by atoms with Gasteiger partial charge in [-0.05, 0) is 31.0 Å². The fraction of sp³-hybridized carbons (Fsp3) is 0.286. The van der Waals surface area contributed by atoms with Crippen LogP contribution in [-0.4, -0.2) is 12.6 Å². The number of aryl methyl sites for hydroxylation is 1. The monoisotopic (exact) mass is 272 g/mol. The van der Waals surface area contributed by atoms with Gasteiger partial charge in [0.25, 0.3) is 0 Å². The van der Waals surface area contributed by atoms with E-state index in [1.54, 1.807) is 11.3 Å². The third-order valence-corrected chi connectivity index (χ3v) is 3.90. The van der Waals surface area contributed by atoms with Crippen molar-refractivity contribution < 1.29 is 0 Å². The number of nitrogens with one attached hydrogen (secondary N) is 1. The molecule has 0 spiro atoms. The van der Waals surface area contributed by atoms with Gasteiger partial charge in [0.05, 0.1) is 0 Å². The van der Waals surface area contributed by atoms with Gasteiger partial charge in [-0.2, -0.15) is 0 Å². The van der Waals surface area contributed by atoms with Crippen molar-refractivity contribution in [2.24, 2.45) is 5.11 Å². The summed E-state index contributed by atoms with van der Waals surface area (Å²) in [5.41, 5.74) is 10.7. The van der Waals surface area contributed by atoms with E-state index in [1.165, 1.54) is 15.3 Å². The molecule has 1 atom stereocenters. The Bertz CT molecular complexity index is 585. The fourth-order valence-electron chi connectivity index (χ4n) is 1.84. The van der Waals surface area contributed by atoms with Crippen molar-refractivity contribution in [2.45, 2.75) is 19.9 Å². The van der Waals surface area contributed by atoms with Crippen LogP contribution < -0.4 is 5.32 Å². The van der Waals surface area contributed by atoms with Crippen LogP contribution in [0.4, 0.5) is 5.69 Å². The largest absolute Gasteiger partial charge is 0.382 e. The first-order valence-electron chi connectivity index (χ1n) is 6.14. The second-order valence-corrected chi connectivity index (χ2v) is 5.66. The van der Waals surface area contributed by atoms with Gasteiger partial charge in [-0.15, -0.1) is 11.3 Å². The van der Waals surface area contributed by atoms with E-state index in [0.29, 0.717) is 6.54 Å². The summed E-state index contributed by atoms with van der Waals surface area (Å²) in [5, 5.41) is 6.96. The van der Waals surface area contributed by atoms with E-state index in [-0.39, 0.29) is 6.04 Å². The molecule has 0 aliphatic heterocycles. The Kier molecular flexibility index (Phi) is 4.44. The lowest BCUT2D eigenvalue weighted by Crippen LogP contribution is -2.18. The first-order valence-corrected chi connectivity index (χ1v) is 6.95. The zero-order valence-corrected chi connectivity index (χ0v) is 11.8. The van der Waals surface area contributed by atoms with Crippen molar-refractivity contribution in [3.05, 3.63) is 51.7 Å². The number of rotatable bonds is 5. The maximum Gasteiger partial charge on any atom is 0.0487 e. The van der Waals surface area contributed by atoms with Crippen LogP contribution in [0.15, 0.2) is 41.5 Å². The molecule has 0 fully saturated rings. The van der Waals surface area contributed by atoms with Gasteiger partial charge in [-0.1, -0.05) is 35.4 Å². The highest BCUT2D eigenvalue weighted by molar-refractivity contribution is 7.16. The van der Waals surface area contributed by atoms with Crippen LogP contribution in [0.25, 0.3) is 20.9 Å². The van der Waals surface area contributed by atoms with Crippen LogP contribution in [0.1, 0.15) is 11.8 Å². The molecule has 1 aromatic heterocycles. The van der Waals surface area contributed by atoms with E-state index >= 15 is 0 Å². The summed E-state index contributed by atoms with van der Waals surface area (Å²) in [7, 11) is 0. The first-order chi connectivity index (χ1) is 9.20. The number of hydrogen-bond acceptors (Lipinski definition) is 3.